The van der Waals surface area contributed by atoms with Crippen LogP contribution in [0, 0.1) is 11.3 Å². The Bertz CT molecular complexity index is 858. The van der Waals surface area contributed by atoms with Gasteiger partial charge in [-0.15, -0.1) is 0 Å². The lowest BCUT2D eigenvalue weighted by Crippen LogP contribution is -2.44. The lowest BCUT2D eigenvalue weighted by atomic mass is 9.86. The first-order valence-electron chi connectivity index (χ1n) is 8.89. The molecule has 1 unspecified atom stereocenters. The van der Waals surface area contributed by atoms with Crippen LogP contribution in [0.2, 0.25) is 0 Å². The highest BCUT2D eigenvalue weighted by molar-refractivity contribution is 5.97. The largest absolute Gasteiger partial charge is 0.350 e. The van der Waals surface area contributed by atoms with Gasteiger partial charge in [-0.1, -0.05) is 45.0 Å². The molecule has 2 aromatic carbocycles. The minimum absolute atomic E-state index is 0.0189. The molecule has 5 heteroatoms. The summed E-state index contributed by atoms with van der Waals surface area (Å²) in [5.74, 6) is -0.568. The van der Waals surface area contributed by atoms with Gasteiger partial charge in [0.05, 0.1) is 11.6 Å². The predicted octanol–water partition coefficient (Wildman–Crippen LogP) is 3.29. The van der Waals surface area contributed by atoms with Crippen LogP contribution in [-0.4, -0.2) is 17.9 Å². The summed E-state index contributed by atoms with van der Waals surface area (Å²) in [6.45, 7) is 8.28. The smallest absolute Gasteiger partial charge is 0.251 e. The fourth-order valence-electron chi connectivity index (χ4n) is 2.56. The van der Waals surface area contributed by atoms with Crippen LogP contribution in [0.25, 0.3) is 0 Å². The van der Waals surface area contributed by atoms with Crippen molar-refractivity contribution in [1.29, 1.82) is 5.26 Å². The summed E-state index contributed by atoms with van der Waals surface area (Å²) < 4.78 is 0. The molecule has 0 heterocycles. The van der Waals surface area contributed by atoms with E-state index in [0.717, 1.165) is 11.1 Å². The number of amides is 2. The second kappa shape index (κ2) is 8.50. The summed E-state index contributed by atoms with van der Waals surface area (Å²) in [6, 6.07) is 15.8. The van der Waals surface area contributed by atoms with Crippen LogP contribution in [0.15, 0.2) is 48.5 Å². The van der Waals surface area contributed by atoms with Gasteiger partial charge in [0.15, 0.2) is 0 Å². The molecule has 27 heavy (non-hydrogen) atoms. The molecule has 0 aliphatic carbocycles. The fraction of sp³-hybridized carbons (Fsp3) is 0.318. The summed E-state index contributed by atoms with van der Waals surface area (Å²) in [5.41, 5.74) is 3.06. The normalized spacial score (nSPS) is 12.0. The molecule has 0 saturated heterocycles. The Morgan fingerprint density at radius 2 is 1.78 bits per heavy atom. The van der Waals surface area contributed by atoms with Crippen LogP contribution in [0.1, 0.15) is 54.7 Å². The zero-order chi connectivity index (χ0) is 20.0. The molecule has 0 bridgehead atoms. The summed E-state index contributed by atoms with van der Waals surface area (Å²) >= 11 is 0. The van der Waals surface area contributed by atoms with Crippen molar-refractivity contribution in [2.24, 2.45) is 0 Å². The van der Waals surface area contributed by atoms with Gasteiger partial charge in [-0.05, 0) is 47.7 Å². The van der Waals surface area contributed by atoms with E-state index in [0.29, 0.717) is 17.7 Å². The molecule has 0 aliphatic rings. The maximum atomic E-state index is 12.4. The second-order valence-electron chi connectivity index (χ2n) is 7.55. The zero-order valence-corrected chi connectivity index (χ0v) is 16.2. The molecule has 2 N–H and O–H groups in total. The molecule has 1 atom stereocenters. The first-order valence-corrected chi connectivity index (χ1v) is 8.89. The zero-order valence-electron chi connectivity index (χ0n) is 16.2. The number of carbonyl (C=O) groups is 2. The molecule has 0 spiro atoms. The summed E-state index contributed by atoms with van der Waals surface area (Å²) in [7, 11) is 0. The molecular weight excluding hydrogens is 338 g/mol. The number of nitriles is 1. The molecule has 0 fully saturated rings. The van der Waals surface area contributed by atoms with Crippen LogP contribution >= 0.6 is 0 Å². The van der Waals surface area contributed by atoms with E-state index < -0.39 is 6.04 Å². The van der Waals surface area contributed by atoms with E-state index >= 15 is 0 Å². The first kappa shape index (κ1) is 20.2. The molecule has 5 nitrogen and oxygen atoms in total. The van der Waals surface area contributed by atoms with Crippen molar-refractivity contribution < 1.29 is 9.59 Å². The van der Waals surface area contributed by atoms with E-state index in [1.165, 1.54) is 0 Å². The van der Waals surface area contributed by atoms with Crippen LogP contribution < -0.4 is 10.6 Å². The number of rotatable bonds is 5. The van der Waals surface area contributed by atoms with E-state index in [4.69, 9.17) is 5.26 Å². The minimum Gasteiger partial charge on any atom is -0.350 e. The maximum Gasteiger partial charge on any atom is 0.251 e. The average Bonchev–Trinajstić information content (AvgIpc) is 2.65. The standard InChI is InChI=1S/C22H25N3O2/c1-15(20(26)24-14-17-7-5-6-16(12-17)13-23)25-21(27)18-8-10-19(11-9-18)22(2,3)4/h5-12,15H,14H2,1-4H3,(H,24,26)(H,25,27). The van der Waals surface area contributed by atoms with E-state index in [1.54, 1.807) is 37.3 Å². The Balaban J connectivity index is 1.91. The van der Waals surface area contributed by atoms with Gasteiger partial charge in [0.1, 0.15) is 6.04 Å². The van der Waals surface area contributed by atoms with Gasteiger partial charge < -0.3 is 10.6 Å². The Morgan fingerprint density at radius 1 is 1.11 bits per heavy atom. The Hall–Kier alpha value is -3.13. The van der Waals surface area contributed by atoms with E-state index in [2.05, 4.69) is 37.5 Å². The molecular formula is C22H25N3O2. The van der Waals surface area contributed by atoms with Crippen LogP contribution in [0.5, 0.6) is 0 Å². The highest BCUT2D eigenvalue weighted by Crippen LogP contribution is 2.22. The quantitative estimate of drug-likeness (QED) is 0.855. The predicted molar refractivity (Wildman–Crippen MR) is 105 cm³/mol. The summed E-state index contributed by atoms with van der Waals surface area (Å²) in [5, 5.41) is 14.4. The van der Waals surface area contributed by atoms with Crippen molar-refractivity contribution in [2.75, 3.05) is 0 Å². The third-order valence-electron chi connectivity index (χ3n) is 4.28. The van der Waals surface area contributed by atoms with Crippen LogP contribution in [-0.2, 0) is 16.8 Å². The highest BCUT2D eigenvalue weighted by atomic mass is 16.2. The number of benzene rings is 2. The number of nitrogens with zero attached hydrogens (tertiary/aromatic N) is 1. The van der Waals surface area contributed by atoms with Crippen molar-refractivity contribution >= 4 is 11.8 Å². The average molecular weight is 363 g/mol. The number of hydrogen-bond donors (Lipinski definition) is 2. The molecule has 2 rings (SSSR count). The summed E-state index contributed by atoms with van der Waals surface area (Å²) in [4.78, 5) is 24.6. The monoisotopic (exact) mass is 363 g/mol. The van der Waals surface area contributed by atoms with Crippen molar-refractivity contribution in [1.82, 2.24) is 10.6 Å². The van der Waals surface area contributed by atoms with Crippen molar-refractivity contribution in [2.45, 2.75) is 45.7 Å². The minimum atomic E-state index is -0.668. The van der Waals surface area contributed by atoms with Gasteiger partial charge in [0.2, 0.25) is 5.91 Å². The maximum absolute atomic E-state index is 12.4. The second-order valence-corrected chi connectivity index (χ2v) is 7.55. The SMILES string of the molecule is CC(NC(=O)c1ccc(C(C)(C)C)cc1)C(=O)NCc1cccc(C#N)c1. The first-order chi connectivity index (χ1) is 12.7. The van der Waals surface area contributed by atoms with Gasteiger partial charge in [-0.3, -0.25) is 9.59 Å². The van der Waals surface area contributed by atoms with E-state index in [9.17, 15) is 9.59 Å². The number of nitrogens with one attached hydrogen (secondary N) is 2. The molecule has 0 aromatic heterocycles. The highest BCUT2D eigenvalue weighted by Gasteiger charge is 2.18. The van der Waals surface area contributed by atoms with Gasteiger partial charge in [0, 0.05) is 12.1 Å². The third kappa shape index (κ3) is 5.68. The Labute approximate surface area is 160 Å². The van der Waals surface area contributed by atoms with Crippen LogP contribution in [0.4, 0.5) is 0 Å². The number of carbonyl (C=O) groups excluding carboxylic acids is 2. The van der Waals surface area contributed by atoms with Crippen molar-refractivity contribution in [3.8, 4) is 6.07 Å². The number of hydrogen-bond acceptors (Lipinski definition) is 3. The van der Waals surface area contributed by atoms with E-state index in [-0.39, 0.29) is 17.2 Å². The van der Waals surface area contributed by atoms with Gasteiger partial charge in [-0.2, -0.15) is 5.26 Å². The Morgan fingerprint density at radius 3 is 2.37 bits per heavy atom. The molecule has 0 radical (unpaired) electrons. The van der Waals surface area contributed by atoms with Gasteiger partial charge in [0.25, 0.3) is 5.91 Å². The van der Waals surface area contributed by atoms with Crippen molar-refractivity contribution in [3.05, 3.63) is 70.8 Å². The summed E-state index contributed by atoms with van der Waals surface area (Å²) in [6.07, 6.45) is 0. The lowest BCUT2D eigenvalue weighted by molar-refractivity contribution is -0.122. The Kier molecular flexibility index (Phi) is 6.36. The molecule has 0 saturated carbocycles. The molecule has 140 valence electrons. The van der Waals surface area contributed by atoms with Gasteiger partial charge >= 0.3 is 0 Å². The fourth-order valence-corrected chi connectivity index (χ4v) is 2.56. The third-order valence-corrected chi connectivity index (χ3v) is 4.28. The van der Waals surface area contributed by atoms with Crippen LogP contribution in [0.3, 0.4) is 0 Å². The lowest BCUT2D eigenvalue weighted by Gasteiger charge is -2.19. The van der Waals surface area contributed by atoms with Crippen molar-refractivity contribution in [3.63, 3.8) is 0 Å². The topological polar surface area (TPSA) is 82.0 Å². The molecule has 2 aromatic rings. The van der Waals surface area contributed by atoms with E-state index in [1.807, 2.05) is 18.2 Å². The molecule has 0 aliphatic heterocycles. The molecule has 2 amide bonds. The van der Waals surface area contributed by atoms with Gasteiger partial charge in [-0.25, -0.2) is 0 Å².